The van der Waals surface area contributed by atoms with E-state index in [1.54, 1.807) is 12.1 Å². The van der Waals surface area contributed by atoms with Crippen molar-refractivity contribution in [3.05, 3.63) is 59.7 Å². The Morgan fingerprint density at radius 1 is 1.00 bits per heavy atom. The van der Waals surface area contributed by atoms with Crippen LogP contribution in [-0.4, -0.2) is 27.4 Å². The lowest BCUT2D eigenvalue weighted by Gasteiger charge is -2.12. The Labute approximate surface area is 150 Å². The van der Waals surface area contributed by atoms with Gasteiger partial charge < -0.3 is 14.2 Å². The van der Waals surface area contributed by atoms with Gasteiger partial charge in [0.05, 0.1) is 12.4 Å². The Morgan fingerprint density at radius 3 is 2.16 bits per heavy atom. The summed E-state index contributed by atoms with van der Waals surface area (Å²) in [6.45, 7) is 5.46. The van der Waals surface area contributed by atoms with Gasteiger partial charge in [-0.15, -0.1) is 0 Å². The summed E-state index contributed by atoms with van der Waals surface area (Å²) in [5.74, 6) is 0.319. The monoisotopic (exact) mass is 363 g/mol. The Bertz CT molecular complexity index is 755. The Hall–Kier alpha value is -2.05. The topological polar surface area (TPSA) is 64.6 Å². The van der Waals surface area contributed by atoms with E-state index in [9.17, 15) is 8.42 Å². The summed E-state index contributed by atoms with van der Waals surface area (Å²) in [4.78, 5) is 0. The highest BCUT2D eigenvalue weighted by Crippen LogP contribution is 2.16. The van der Waals surface area contributed by atoms with Crippen LogP contribution in [0, 0.1) is 0 Å². The number of anilines is 1. The molecule has 1 N–H and O–H groups in total. The van der Waals surface area contributed by atoms with Crippen molar-refractivity contribution in [1.29, 1.82) is 0 Å². The molecular formula is C19H25NO4S. The van der Waals surface area contributed by atoms with Crippen LogP contribution >= 0.6 is 0 Å². The number of ether oxygens (including phenoxy) is 1. The van der Waals surface area contributed by atoms with Crippen molar-refractivity contribution in [2.75, 3.05) is 18.2 Å². The molecule has 0 amide bonds. The van der Waals surface area contributed by atoms with Gasteiger partial charge in [0.25, 0.3) is 0 Å². The van der Waals surface area contributed by atoms with E-state index in [1.807, 2.05) is 19.1 Å². The third-order valence-electron chi connectivity index (χ3n) is 3.60. The average Bonchev–Trinajstić information content (AvgIpc) is 2.54. The second kappa shape index (κ2) is 8.87. The fraction of sp³-hybridized carbons (Fsp3) is 0.368. The first-order valence-electron chi connectivity index (χ1n) is 8.28. The Morgan fingerprint density at radius 2 is 1.60 bits per heavy atom. The smallest absolute Gasteiger partial charge is 0.306 e. The molecule has 0 saturated carbocycles. The zero-order chi connectivity index (χ0) is 18.3. The molecule has 25 heavy (non-hydrogen) atoms. The van der Waals surface area contributed by atoms with E-state index >= 15 is 0 Å². The highest BCUT2D eigenvalue weighted by molar-refractivity contribution is 7.86. The van der Waals surface area contributed by atoms with E-state index in [-0.39, 0.29) is 6.10 Å². The molecule has 1 atom stereocenters. The van der Waals surface area contributed by atoms with Gasteiger partial charge >= 0.3 is 10.1 Å². The summed E-state index contributed by atoms with van der Waals surface area (Å²) in [7, 11) is -3.49. The Kier molecular flexibility index (Phi) is 6.84. The van der Waals surface area contributed by atoms with Gasteiger partial charge in [0.1, 0.15) is 5.75 Å². The molecule has 0 heterocycles. The van der Waals surface area contributed by atoms with Crippen molar-refractivity contribution < 1.29 is 17.3 Å². The standard InChI is InChI=1S/C19H25NO4S/c1-4-23-15(2)13-16-5-9-18(10-6-16)20-14-17-7-11-19(12-8-17)24-25(3,21)22/h5-12,15,20H,4,13-14H2,1-3H3. The summed E-state index contributed by atoms with van der Waals surface area (Å²) in [6.07, 6.45) is 2.15. The van der Waals surface area contributed by atoms with E-state index in [0.29, 0.717) is 12.3 Å². The molecule has 2 rings (SSSR count). The van der Waals surface area contributed by atoms with E-state index in [1.165, 1.54) is 5.56 Å². The summed E-state index contributed by atoms with van der Waals surface area (Å²) in [5, 5.41) is 3.34. The van der Waals surface area contributed by atoms with E-state index in [4.69, 9.17) is 8.92 Å². The van der Waals surface area contributed by atoms with E-state index in [0.717, 1.165) is 30.5 Å². The number of hydrogen-bond acceptors (Lipinski definition) is 5. The molecule has 0 spiro atoms. The maximum Gasteiger partial charge on any atom is 0.306 e. The van der Waals surface area contributed by atoms with E-state index < -0.39 is 10.1 Å². The predicted molar refractivity (Wildman–Crippen MR) is 100 cm³/mol. The molecule has 136 valence electrons. The number of rotatable bonds is 9. The lowest BCUT2D eigenvalue weighted by atomic mass is 10.1. The van der Waals surface area contributed by atoms with Gasteiger partial charge in [-0.2, -0.15) is 8.42 Å². The van der Waals surface area contributed by atoms with Crippen LogP contribution < -0.4 is 9.50 Å². The number of hydrogen-bond donors (Lipinski definition) is 1. The maximum absolute atomic E-state index is 11.1. The molecule has 5 nitrogen and oxygen atoms in total. The third-order valence-corrected chi connectivity index (χ3v) is 4.09. The minimum absolute atomic E-state index is 0.219. The van der Waals surface area contributed by atoms with Crippen LogP contribution in [0.25, 0.3) is 0 Å². The molecule has 0 aromatic heterocycles. The third kappa shape index (κ3) is 7.15. The summed E-state index contributed by atoms with van der Waals surface area (Å²) in [6, 6.07) is 15.3. The quantitative estimate of drug-likeness (QED) is 0.690. The highest BCUT2D eigenvalue weighted by atomic mass is 32.2. The molecule has 6 heteroatoms. The second-order valence-corrected chi connectivity index (χ2v) is 7.53. The molecule has 0 bridgehead atoms. The van der Waals surface area contributed by atoms with Crippen molar-refractivity contribution >= 4 is 15.8 Å². The predicted octanol–water partition coefficient (Wildman–Crippen LogP) is 3.60. The lowest BCUT2D eigenvalue weighted by Crippen LogP contribution is -2.11. The van der Waals surface area contributed by atoms with Crippen LogP contribution in [0.2, 0.25) is 0 Å². The largest absolute Gasteiger partial charge is 0.383 e. The van der Waals surface area contributed by atoms with E-state index in [2.05, 4.69) is 36.5 Å². The normalized spacial score (nSPS) is 12.6. The fourth-order valence-corrected chi connectivity index (χ4v) is 2.94. The molecule has 0 radical (unpaired) electrons. The summed E-state index contributed by atoms with van der Waals surface area (Å²) < 4.78 is 32.6. The summed E-state index contributed by atoms with van der Waals surface area (Å²) >= 11 is 0. The van der Waals surface area contributed by atoms with Gasteiger partial charge in [-0.3, -0.25) is 0 Å². The van der Waals surface area contributed by atoms with Gasteiger partial charge in [-0.25, -0.2) is 0 Å². The minimum Gasteiger partial charge on any atom is -0.383 e. The van der Waals surface area contributed by atoms with Gasteiger partial charge in [-0.05, 0) is 55.7 Å². The molecule has 0 aliphatic rings. The van der Waals surface area contributed by atoms with Crippen molar-refractivity contribution in [1.82, 2.24) is 0 Å². The first kappa shape index (κ1) is 19.3. The van der Waals surface area contributed by atoms with Crippen LogP contribution in [-0.2, 0) is 27.8 Å². The molecule has 0 aliphatic carbocycles. The van der Waals surface area contributed by atoms with Gasteiger partial charge in [-0.1, -0.05) is 24.3 Å². The molecule has 0 fully saturated rings. The molecule has 0 saturated heterocycles. The first-order valence-corrected chi connectivity index (χ1v) is 10.1. The zero-order valence-electron chi connectivity index (χ0n) is 14.9. The lowest BCUT2D eigenvalue weighted by molar-refractivity contribution is 0.0768. The van der Waals surface area contributed by atoms with Crippen molar-refractivity contribution in [3.63, 3.8) is 0 Å². The van der Waals surface area contributed by atoms with Crippen LogP contribution in [0.1, 0.15) is 25.0 Å². The van der Waals surface area contributed by atoms with Gasteiger partial charge in [0, 0.05) is 18.8 Å². The molecular weight excluding hydrogens is 338 g/mol. The fourth-order valence-electron chi connectivity index (χ4n) is 2.48. The second-order valence-electron chi connectivity index (χ2n) is 5.95. The van der Waals surface area contributed by atoms with Crippen LogP contribution in [0.4, 0.5) is 5.69 Å². The molecule has 1 unspecified atom stereocenters. The first-order chi connectivity index (χ1) is 11.9. The van der Waals surface area contributed by atoms with Crippen molar-refractivity contribution in [3.8, 4) is 5.75 Å². The molecule has 0 aliphatic heterocycles. The van der Waals surface area contributed by atoms with Crippen molar-refractivity contribution in [2.45, 2.75) is 32.9 Å². The average molecular weight is 363 g/mol. The van der Waals surface area contributed by atoms with Gasteiger partial charge in [0.2, 0.25) is 0 Å². The minimum atomic E-state index is -3.49. The van der Waals surface area contributed by atoms with Crippen LogP contribution in [0.5, 0.6) is 5.75 Å². The van der Waals surface area contributed by atoms with Crippen molar-refractivity contribution in [2.24, 2.45) is 0 Å². The van der Waals surface area contributed by atoms with Crippen LogP contribution in [0.3, 0.4) is 0 Å². The SMILES string of the molecule is CCOC(C)Cc1ccc(NCc2ccc(OS(C)(=O)=O)cc2)cc1. The Balaban J connectivity index is 1.86. The number of nitrogens with one attached hydrogen (secondary N) is 1. The highest BCUT2D eigenvalue weighted by Gasteiger charge is 2.05. The molecule has 2 aromatic carbocycles. The number of benzene rings is 2. The summed E-state index contributed by atoms with van der Waals surface area (Å²) in [5.41, 5.74) is 3.31. The van der Waals surface area contributed by atoms with Gasteiger partial charge in [0.15, 0.2) is 0 Å². The zero-order valence-corrected chi connectivity index (χ0v) is 15.7. The van der Waals surface area contributed by atoms with Crippen LogP contribution in [0.15, 0.2) is 48.5 Å². The maximum atomic E-state index is 11.1. The molecule has 2 aromatic rings.